The fourth-order valence-electron chi connectivity index (χ4n) is 2.42. The zero-order valence-corrected chi connectivity index (χ0v) is 13.5. The van der Waals surface area contributed by atoms with Crippen LogP contribution in [0.15, 0.2) is 59.0 Å². The molecule has 0 atom stereocenters. The number of rotatable bonds is 2. The number of nitrogens with zero attached hydrogens (tertiary/aromatic N) is 2. The lowest BCUT2D eigenvalue weighted by atomic mass is 10.1. The minimum Gasteiger partial charge on any atom is -0.456 e. The number of benzene rings is 2. The van der Waals surface area contributed by atoms with Gasteiger partial charge in [-0.25, -0.2) is 4.58 Å². The van der Waals surface area contributed by atoms with Gasteiger partial charge in [-0.3, -0.25) is 0 Å². The maximum absolute atomic E-state index is 6.10. The Balaban J connectivity index is 2.08. The summed E-state index contributed by atoms with van der Waals surface area (Å²) < 4.78 is 8.18. The maximum Gasteiger partial charge on any atom is 0.203 e. The van der Waals surface area contributed by atoms with E-state index in [2.05, 4.69) is 58.0 Å². The van der Waals surface area contributed by atoms with E-state index in [9.17, 15) is 0 Å². The van der Waals surface area contributed by atoms with Crippen molar-refractivity contribution in [3.63, 3.8) is 0 Å². The van der Waals surface area contributed by atoms with Crippen LogP contribution in [0.3, 0.4) is 0 Å². The van der Waals surface area contributed by atoms with Crippen LogP contribution in [0.5, 0.6) is 0 Å². The summed E-state index contributed by atoms with van der Waals surface area (Å²) in [6.45, 7) is 0. The highest BCUT2D eigenvalue weighted by Gasteiger charge is 2.09. The smallest absolute Gasteiger partial charge is 0.203 e. The van der Waals surface area contributed by atoms with Gasteiger partial charge in [0.2, 0.25) is 5.36 Å². The van der Waals surface area contributed by atoms with Crippen LogP contribution in [-0.2, 0) is 0 Å². The number of hydrogen-bond donors (Lipinski definition) is 0. The monoisotopic (exact) mass is 293 g/mol. The van der Waals surface area contributed by atoms with Gasteiger partial charge in [0, 0.05) is 37.0 Å². The number of fused-ring (bicyclic) bond motifs is 1. The number of anilines is 1. The Kier molecular flexibility index (Phi) is 3.72. The molecule has 0 saturated carbocycles. The van der Waals surface area contributed by atoms with Crippen molar-refractivity contribution in [2.75, 3.05) is 33.1 Å². The highest BCUT2D eigenvalue weighted by Crippen LogP contribution is 2.28. The predicted octanol–water partition coefficient (Wildman–Crippen LogP) is 3.15. The van der Waals surface area contributed by atoms with Crippen LogP contribution in [0, 0.1) is 0 Å². The van der Waals surface area contributed by atoms with Gasteiger partial charge in [0.05, 0.1) is 6.07 Å². The highest BCUT2D eigenvalue weighted by atomic mass is 16.3. The van der Waals surface area contributed by atoms with E-state index in [-0.39, 0.29) is 0 Å². The molecule has 3 heteroatoms. The molecule has 1 aromatic rings. The van der Waals surface area contributed by atoms with Gasteiger partial charge in [0.1, 0.15) is 25.6 Å². The molecule has 0 saturated heterocycles. The lowest BCUT2D eigenvalue weighted by molar-refractivity contribution is 0.579. The molecule has 0 N–H and O–H groups in total. The molecule has 1 aliphatic heterocycles. The summed E-state index contributed by atoms with van der Waals surface area (Å²) in [5.41, 5.74) is 3.38. The lowest BCUT2D eigenvalue weighted by Gasteiger charge is -2.13. The van der Waals surface area contributed by atoms with E-state index >= 15 is 0 Å². The first-order valence-corrected chi connectivity index (χ1v) is 7.36. The molecular weight excluding hydrogens is 272 g/mol. The molecule has 0 aromatic heterocycles. The van der Waals surface area contributed by atoms with E-state index in [4.69, 9.17) is 4.42 Å². The molecule has 1 heterocycles. The minimum atomic E-state index is 0.883. The molecule has 0 radical (unpaired) electrons. The van der Waals surface area contributed by atoms with Crippen molar-refractivity contribution >= 4 is 5.69 Å². The van der Waals surface area contributed by atoms with Crippen molar-refractivity contribution in [2.24, 2.45) is 0 Å². The van der Waals surface area contributed by atoms with E-state index in [1.54, 1.807) is 0 Å². The lowest BCUT2D eigenvalue weighted by Crippen LogP contribution is -2.21. The van der Waals surface area contributed by atoms with Crippen LogP contribution in [0.4, 0.5) is 5.69 Å². The Hall–Kier alpha value is -2.55. The molecule has 0 spiro atoms. The van der Waals surface area contributed by atoms with Crippen molar-refractivity contribution in [2.45, 2.75) is 0 Å². The van der Waals surface area contributed by atoms with E-state index < -0.39 is 0 Å². The van der Waals surface area contributed by atoms with Crippen molar-refractivity contribution < 1.29 is 4.42 Å². The molecule has 0 amide bonds. The third-order valence-electron chi connectivity index (χ3n) is 3.82. The van der Waals surface area contributed by atoms with Crippen molar-refractivity contribution in [1.29, 1.82) is 0 Å². The summed E-state index contributed by atoms with van der Waals surface area (Å²) in [5, 5.41) is 1.14. The average molecular weight is 293 g/mol. The third-order valence-corrected chi connectivity index (χ3v) is 3.82. The Labute approximate surface area is 131 Å². The first kappa shape index (κ1) is 14.4. The molecule has 22 heavy (non-hydrogen) atoms. The second-order valence-electron chi connectivity index (χ2n) is 5.86. The van der Waals surface area contributed by atoms with Crippen molar-refractivity contribution in [3.8, 4) is 22.6 Å². The summed E-state index contributed by atoms with van der Waals surface area (Å²) in [6.07, 6.45) is 0. The molecule has 1 aliphatic carbocycles. The molecule has 3 rings (SSSR count). The van der Waals surface area contributed by atoms with Crippen LogP contribution in [0.1, 0.15) is 0 Å². The van der Waals surface area contributed by atoms with E-state index in [0.717, 1.165) is 28.0 Å². The fraction of sp³-hybridized carbons (Fsp3) is 0.211. The highest BCUT2D eigenvalue weighted by molar-refractivity contribution is 5.66. The predicted molar refractivity (Wildman–Crippen MR) is 92.2 cm³/mol. The minimum absolute atomic E-state index is 0.883. The Morgan fingerprint density at radius 3 is 2.00 bits per heavy atom. The topological polar surface area (TPSA) is 19.4 Å². The van der Waals surface area contributed by atoms with Crippen LogP contribution in [0.25, 0.3) is 22.6 Å². The first-order valence-electron chi connectivity index (χ1n) is 7.36. The van der Waals surface area contributed by atoms with Gasteiger partial charge in [-0.1, -0.05) is 0 Å². The van der Waals surface area contributed by atoms with Gasteiger partial charge < -0.3 is 9.32 Å². The molecular formula is C19H21N2O+. The first-order chi connectivity index (χ1) is 10.5. The van der Waals surface area contributed by atoms with Gasteiger partial charge in [-0.15, -0.1) is 0 Å². The zero-order valence-electron chi connectivity index (χ0n) is 13.5. The van der Waals surface area contributed by atoms with Crippen LogP contribution < -0.4 is 14.8 Å². The largest absolute Gasteiger partial charge is 0.456 e. The summed E-state index contributed by atoms with van der Waals surface area (Å²) in [6, 6.07) is 18.8. The van der Waals surface area contributed by atoms with Gasteiger partial charge in [0.15, 0.2) is 0 Å². The molecule has 2 aliphatic rings. The summed E-state index contributed by atoms with van der Waals surface area (Å²) in [4.78, 5) is 2.09. The van der Waals surface area contributed by atoms with Gasteiger partial charge in [0.25, 0.3) is 0 Å². The molecule has 112 valence electrons. The van der Waals surface area contributed by atoms with E-state index in [0.29, 0.717) is 0 Å². The Bertz CT molecular complexity index is 825. The quantitative estimate of drug-likeness (QED) is 0.676. The second kappa shape index (κ2) is 5.68. The number of hydrogen-bond acceptors (Lipinski definition) is 2. The van der Waals surface area contributed by atoms with Gasteiger partial charge >= 0.3 is 0 Å². The summed E-state index contributed by atoms with van der Waals surface area (Å²) in [7, 11) is 8.15. The van der Waals surface area contributed by atoms with Crippen LogP contribution in [0.2, 0.25) is 0 Å². The van der Waals surface area contributed by atoms with Gasteiger partial charge in [-0.05, 0) is 42.5 Å². The second-order valence-corrected chi connectivity index (χ2v) is 5.86. The molecule has 1 aromatic carbocycles. The van der Waals surface area contributed by atoms with Crippen molar-refractivity contribution in [3.05, 3.63) is 60.0 Å². The Morgan fingerprint density at radius 2 is 1.36 bits per heavy atom. The average Bonchev–Trinajstić information content (AvgIpc) is 2.53. The van der Waals surface area contributed by atoms with Crippen LogP contribution in [-0.4, -0.2) is 28.2 Å². The molecule has 3 nitrogen and oxygen atoms in total. The normalized spacial score (nSPS) is 10.7. The fourth-order valence-corrected chi connectivity index (χ4v) is 2.42. The standard InChI is InChI=1S/C19H21N2O/c1-20(2)16-9-5-14(6-10-16)18-12-8-15-7-11-17(21(3)4)13-19(15)22-18/h5-13H,1-4H3/q+1. The van der Waals surface area contributed by atoms with Crippen LogP contribution >= 0.6 is 0 Å². The van der Waals surface area contributed by atoms with Crippen molar-refractivity contribution in [1.82, 2.24) is 4.58 Å². The summed E-state index contributed by atoms with van der Waals surface area (Å²) in [5.74, 6) is 1.79. The molecule has 0 bridgehead atoms. The van der Waals surface area contributed by atoms with Gasteiger partial charge in [-0.2, -0.15) is 0 Å². The Morgan fingerprint density at radius 1 is 0.773 bits per heavy atom. The molecule has 0 fully saturated rings. The zero-order chi connectivity index (χ0) is 15.7. The third kappa shape index (κ3) is 2.75. The van der Waals surface area contributed by atoms with E-state index in [1.165, 1.54) is 5.69 Å². The van der Waals surface area contributed by atoms with E-state index in [1.807, 2.05) is 34.3 Å². The SMILES string of the molecule is CN(C)c1ccc(-c2ccc3ccc(=[N+](C)C)cc-3o2)cc1. The summed E-state index contributed by atoms with van der Waals surface area (Å²) >= 11 is 0. The maximum atomic E-state index is 6.10. The molecule has 0 unspecified atom stereocenters.